The largest absolute Gasteiger partial charge is 0.299 e. The molecule has 2 aliphatic heterocycles. The number of thiophene rings is 4. The Morgan fingerprint density at radius 3 is 1.17 bits per heavy atom. The van der Waals surface area contributed by atoms with Gasteiger partial charge in [-0.15, -0.1) is 68.9 Å². The first-order valence-electron chi connectivity index (χ1n) is 33.5. The van der Waals surface area contributed by atoms with Crippen molar-refractivity contribution in [2.24, 2.45) is 23.7 Å². The lowest BCUT2D eigenvalue weighted by atomic mass is 9.70. The Balaban J connectivity index is 0.876. The van der Waals surface area contributed by atoms with Crippen LogP contribution in [-0.2, 0) is 9.59 Å². The van der Waals surface area contributed by atoms with E-state index in [4.69, 9.17) is 0 Å². The highest BCUT2D eigenvalue weighted by molar-refractivity contribution is 8.01. The van der Waals surface area contributed by atoms with Gasteiger partial charge in [-0.2, -0.15) is 0 Å². The number of ketones is 2. The highest BCUT2D eigenvalue weighted by Crippen LogP contribution is 2.70. The number of hydrogen-bond donors (Lipinski definition) is 0. The highest BCUT2D eigenvalue weighted by Gasteiger charge is 2.65. The molecule has 2 aromatic carbocycles. The number of hydrogen-bond acceptors (Lipinski definition) is 8. The average molecular weight is 1210 g/mol. The van der Waals surface area contributed by atoms with E-state index in [1.165, 1.54) is 240 Å². The Hall–Kier alpha value is -2.72. The normalized spacial score (nSPS) is 23.0. The number of unbranched alkanes of at least 4 members (excludes halogenated alkanes) is 20. The standard InChI is InChI=1S/C74H96O2S6/c1-5-9-13-17-19-23-29-38-50(37-27-21-15-11-7-3)61-67(52-41-33-26-34-42-52)79-73-63-65(75)53-47-56-54(48-55(53)68(63)80-71(61)73)66(76)64-69(56)81-72-62(51(39-28-22-16-12-8-4)40-30-24-20-18-14-10-6-2)70(82-74(64)72)60-46-45-59(78-60)58-44-43-57(77-58)49-35-31-25-32-36-49/h25-26,31-36,41-46,50-51,53-56,63-64,68-69H,5-24,27-30,37-40,47-48H2,1-4H3. The molecule has 0 radical (unpaired) electrons. The van der Waals surface area contributed by atoms with Crippen LogP contribution in [0.1, 0.15) is 265 Å². The molecule has 0 N–H and O–H groups in total. The molecule has 8 heteroatoms. The monoisotopic (exact) mass is 1210 g/mol. The van der Waals surface area contributed by atoms with Gasteiger partial charge >= 0.3 is 0 Å². The van der Waals surface area contributed by atoms with Crippen LogP contribution >= 0.6 is 68.9 Å². The zero-order chi connectivity index (χ0) is 56.4. The summed E-state index contributed by atoms with van der Waals surface area (Å²) < 4.78 is 0. The summed E-state index contributed by atoms with van der Waals surface area (Å²) in [6.45, 7) is 9.30. The summed E-state index contributed by atoms with van der Waals surface area (Å²) in [6, 6.07) is 31.5. The van der Waals surface area contributed by atoms with Gasteiger partial charge in [-0.05, 0) is 109 Å². The Kier molecular flexibility index (Phi) is 22.1. The van der Waals surface area contributed by atoms with Crippen LogP contribution in [0.15, 0.2) is 94.7 Å². The van der Waals surface area contributed by atoms with E-state index in [0.717, 1.165) is 12.8 Å². The molecule has 4 aromatic heterocycles. The van der Waals surface area contributed by atoms with Gasteiger partial charge in [0.15, 0.2) is 0 Å². The summed E-state index contributed by atoms with van der Waals surface area (Å²) in [6.07, 6.45) is 38.6. The van der Waals surface area contributed by atoms with E-state index in [0.29, 0.717) is 23.4 Å². The second-order valence-electron chi connectivity index (χ2n) is 25.7. The van der Waals surface area contributed by atoms with Crippen molar-refractivity contribution in [2.75, 3.05) is 0 Å². The summed E-state index contributed by atoms with van der Waals surface area (Å²) in [5, 5.41) is 0.533. The van der Waals surface area contributed by atoms with Crippen LogP contribution in [0.4, 0.5) is 0 Å². The average Bonchev–Trinajstić information content (AvgIpc) is 1.80. The SMILES string of the molecule is CCCCCCCCCC(CCCCCCC)c1c(-c2ccccc2)sc2c1SC1C2C(=O)C2CC3C(CC21)C(=O)C1c2sc(-c4ccc(-c5ccc(-c6ccccc6)s5)s4)c(C(CCCCCCC)CCCCCCCCC)c2SC13. The molecule has 11 rings (SSSR count). The second-order valence-corrected chi connectivity index (χ2v) is 32.3. The van der Waals surface area contributed by atoms with Gasteiger partial charge in [0.1, 0.15) is 11.6 Å². The minimum Gasteiger partial charge on any atom is -0.299 e. The van der Waals surface area contributed by atoms with Gasteiger partial charge in [-0.3, -0.25) is 9.59 Å². The van der Waals surface area contributed by atoms with Gasteiger partial charge in [0, 0.05) is 71.1 Å². The van der Waals surface area contributed by atoms with E-state index >= 15 is 9.59 Å². The predicted molar refractivity (Wildman–Crippen MR) is 362 cm³/mol. The third-order valence-electron chi connectivity index (χ3n) is 20.1. The van der Waals surface area contributed by atoms with Crippen molar-refractivity contribution in [2.45, 2.75) is 264 Å². The topological polar surface area (TPSA) is 34.1 Å². The van der Waals surface area contributed by atoms with Crippen LogP contribution in [0.2, 0.25) is 0 Å². The molecule has 0 saturated heterocycles. The molecule has 3 aliphatic carbocycles. The van der Waals surface area contributed by atoms with Gasteiger partial charge in [-0.25, -0.2) is 0 Å². The predicted octanol–water partition coefficient (Wildman–Crippen LogP) is 25.0. The maximum absolute atomic E-state index is 15.7. The van der Waals surface area contributed by atoms with Crippen LogP contribution in [0.5, 0.6) is 0 Å². The zero-order valence-corrected chi connectivity index (χ0v) is 55.2. The van der Waals surface area contributed by atoms with Crippen molar-refractivity contribution in [1.82, 2.24) is 0 Å². The van der Waals surface area contributed by atoms with Gasteiger partial charge in [0.25, 0.3) is 0 Å². The van der Waals surface area contributed by atoms with Crippen molar-refractivity contribution in [1.29, 1.82) is 0 Å². The molecule has 3 fully saturated rings. The molecule has 10 unspecified atom stereocenters. The maximum atomic E-state index is 15.7. The van der Waals surface area contributed by atoms with Crippen LogP contribution in [0.25, 0.3) is 40.4 Å². The highest BCUT2D eigenvalue weighted by atomic mass is 32.2. The molecule has 6 aromatic rings. The maximum Gasteiger partial charge on any atom is 0.145 e. The minimum atomic E-state index is -0.0335. The summed E-state index contributed by atoms with van der Waals surface area (Å²) in [7, 11) is 0. The van der Waals surface area contributed by atoms with Crippen molar-refractivity contribution in [3.05, 3.63) is 106 Å². The zero-order valence-electron chi connectivity index (χ0n) is 50.3. The van der Waals surface area contributed by atoms with Crippen molar-refractivity contribution in [3.63, 3.8) is 0 Å². The number of rotatable bonds is 34. The molecule has 82 heavy (non-hydrogen) atoms. The molecule has 0 amide bonds. The lowest BCUT2D eigenvalue weighted by molar-refractivity contribution is -0.127. The van der Waals surface area contributed by atoms with E-state index in [1.54, 1.807) is 11.1 Å². The summed E-state index contributed by atoms with van der Waals surface area (Å²) in [4.78, 5) is 45.3. The minimum absolute atomic E-state index is 0.0174. The van der Waals surface area contributed by atoms with E-state index < -0.39 is 0 Å². The molecule has 0 spiro atoms. The molecule has 440 valence electrons. The number of carbonyl (C=O) groups excluding carboxylic acids is 2. The summed E-state index contributed by atoms with van der Waals surface area (Å²) in [5.74, 6) is 2.75. The van der Waals surface area contributed by atoms with Gasteiger partial charge in [0.05, 0.1) is 11.8 Å². The third-order valence-corrected chi connectivity index (χ3v) is 28.7. The lowest BCUT2D eigenvalue weighted by Gasteiger charge is -2.36. The first-order valence-corrected chi connectivity index (χ1v) is 38.5. The first-order chi connectivity index (χ1) is 40.4. The van der Waals surface area contributed by atoms with Crippen LogP contribution < -0.4 is 0 Å². The third kappa shape index (κ3) is 13.4. The van der Waals surface area contributed by atoms with Gasteiger partial charge < -0.3 is 0 Å². The molecule has 6 heterocycles. The molecule has 10 atom stereocenters. The van der Waals surface area contributed by atoms with Gasteiger partial charge in [0.2, 0.25) is 0 Å². The number of fused-ring (bicyclic) bond motifs is 10. The Morgan fingerprint density at radius 2 is 0.732 bits per heavy atom. The number of benzene rings is 2. The fraction of sp³-hybridized carbons (Fsp3) is 0.595. The fourth-order valence-electron chi connectivity index (χ4n) is 15.7. The summed E-state index contributed by atoms with van der Waals surface area (Å²) >= 11 is 12.2. The van der Waals surface area contributed by atoms with Crippen molar-refractivity contribution >= 4 is 80.4 Å². The Labute approximate surface area is 520 Å². The smallest absolute Gasteiger partial charge is 0.145 e. The van der Waals surface area contributed by atoms with Crippen LogP contribution in [-0.4, -0.2) is 22.1 Å². The van der Waals surface area contributed by atoms with Crippen molar-refractivity contribution < 1.29 is 9.59 Å². The van der Waals surface area contributed by atoms with E-state index in [1.807, 2.05) is 45.3 Å². The molecule has 3 saturated carbocycles. The summed E-state index contributed by atoms with van der Waals surface area (Å²) in [5.41, 5.74) is 5.83. The second kappa shape index (κ2) is 29.8. The molecule has 5 aliphatic rings. The van der Waals surface area contributed by atoms with E-state index in [9.17, 15) is 0 Å². The van der Waals surface area contributed by atoms with Crippen molar-refractivity contribution in [3.8, 4) is 40.4 Å². The van der Waals surface area contributed by atoms with Gasteiger partial charge in [-0.1, -0.05) is 242 Å². The molecular formula is C74H96O2S6. The fourth-order valence-corrected chi connectivity index (χ4v) is 25.3. The molecular weight excluding hydrogens is 1110 g/mol. The van der Waals surface area contributed by atoms with Crippen LogP contribution in [0, 0.1) is 23.7 Å². The molecule has 2 nitrogen and oxygen atoms in total. The Morgan fingerprint density at radius 1 is 0.378 bits per heavy atom. The van der Waals surface area contributed by atoms with Crippen LogP contribution in [0.3, 0.4) is 0 Å². The quantitative estimate of drug-likeness (QED) is 0.0377. The van der Waals surface area contributed by atoms with E-state index in [2.05, 4.69) is 136 Å². The number of carbonyl (C=O) groups is 2. The number of Topliss-reactive ketones (excluding diaryl/α,β-unsaturated/α-hetero) is 2. The first kappa shape index (κ1) is 60.9. The van der Waals surface area contributed by atoms with E-state index in [-0.39, 0.29) is 46.0 Å². The number of thioether (sulfide) groups is 2. The Bertz CT molecular complexity index is 2970. The lowest BCUT2D eigenvalue weighted by Crippen LogP contribution is -2.36. The molecule has 0 bridgehead atoms.